The average Bonchev–Trinajstić information content (AvgIpc) is 3.43. The van der Waals surface area contributed by atoms with E-state index in [4.69, 9.17) is 0 Å². The molecule has 0 saturated heterocycles. The van der Waals surface area contributed by atoms with Crippen LogP contribution in [0.15, 0.2) is 262 Å². The van der Waals surface area contributed by atoms with Crippen LogP contribution in [0.5, 0.6) is 0 Å². The van der Waals surface area contributed by atoms with Crippen molar-refractivity contribution in [3.05, 3.63) is 295 Å². The maximum absolute atomic E-state index is 3.83. The Labute approximate surface area is 436 Å². The summed E-state index contributed by atoms with van der Waals surface area (Å²) in [6.07, 6.45) is 17.6. The average molecular weight is 945 g/mol. The van der Waals surface area contributed by atoms with Crippen molar-refractivity contribution in [2.24, 2.45) is 0 Å². The fraction of sp³-hybridized carbons (Fsp3) is 0.194. The maximum Gasteiger partial charge on any atom is 0.00239 e. The second kappa shape index (κ2) is 32.4. The molecule has 8 rings (SSSR count). The van der Waals surface area contributed by atoms with Gasteiger partial charge >= 0.3 is 0 Å². The fourth-order valence-electron chi connectivity index (χ4n) is 8.39. The highest BCUT2D eigenvalue weighted by Gasteiger charge is 2.11. The molecule has 0 amide bonds. The summed E-state index contributed by atoms with van der Waals surface area (Å²) in [6.45, 7) is 20.5. The van der Waals surface area contributed by atoms with Crippen LogP contribution < -0.4 is 0 Å². The maximum atomic E-state index is 3.83. The lowest BCUT2D eigenvalue weighted by Gasteiger charge is -2.16. The van der Waals surface area contributed by atoms with E-state index in [1.165, 1.54) is 110 Å². The van der Waals surface area contributed by atoms with Gasteiger partial charge in [-0.05, 0) is 118 Å². The molecular weight excluding hydrogens is 865 g/mol. The molecule has 0 bridgehead atoms. The normalized spacial score (nSPS) is 11.3. The van der Waals surface area contributed by atoms with Gasteiger partial charge in [0.15, 0.2) is 0 Å². The molecule has 0 spiro atoms. The van der Waals surface area contributed by atoms with E-state index in [0.29, 0.717) is 5.92 Å². The van der Waals surface area contributed by atoms with Gasteiger partial charge in [-0.2, -0.15) is 0 Å². The Hall–Kier alpha value is -7.54. The number of benzene rings is 8. The fourth-order valence-corrected chi connectivity index (χ4v) is 8.39. The van der Waals surface area contributed by atoms with Gasteiger partial charge in [0.1, 0.15) is 0 Å². The molecule has 0 N–H and O–H groups in total. The molecule has 0 aromatic heterocycles. The molecule has 1 unspecified atom stereocenters. The van der Waals surface area contributed by atoms with Gasteiger partial charge in [0.05, 0.1) is 0 Å². The molecule has 0 aliphatic heterocycles. The molecule has 72 heavy (non-hydrogen) atoms. The number of aryl methyl sites for hydroxylation is 2. The van der Waals surface area contributed by atoms with Crippen molar-refractivity contribution in [1.29, 1.82) is 0 Å². The highest BCUT2D eigenvalue weighted by Crippen LogP contribution is 2.31. The second-order valence-electron chi connectivity index (χ2n) is 18.0. The predicted molar refractivity (Wildman–Crippen MR) is 322 cm³/mol. The molecular formula is C72H80. The lowest BCUT2D eigenvalue weighted by molar-refractivity contribution is 0.716. The van der Waals surface area contributed by atoms with Crippen LogP contribution in [0.2, 0.25) is 0 Å². The molecule has 8 aromatic rings. The molecule has 368 valence electrons. The molecule has 1 atom stereocenters. The third-order valence-corrected chi connectivity index (χ3v) is 12.2. The zero-order valence-corrected chi connectivity index (χ0v) is 43.4. The highest BCUT2D eigenvalue weighted by molar-refractivity contribution is 5.78. The zero-order chi connectivity index (χ0) is 50.5. The van der Waals surface area contributed by atoms with Gasteiger partial charge in [0.25, 0.3) is 0 Å². The van der Waals surface area contributed by atoms with Gasteiger partial charge in [-0.25, -0.2) is 0 Å². The number of hydrogen-bond donors (Lipinski definition) is 0. The lowest BCUT2D eigenvalue weighted by Crippen LogP contribution is -1.97. The molecule has 8 aromatic carbocycles. The van der Waals surface area contributed by atoms with Crippen LogP contribution in [0.3, 0.4) is 0 Å². The first-order valence-corrected chi connectivity index (χ1v) is 25.7. The van der Waals surface area contributed by atoms with Crippen LogP contribution in [0.1, 0.15) is 113 Å². The van der Waals surface area contributed by atoms with E-state index in [1.807, 2.05) is 56.3 Å². The van der Waals surface area contributed by atoms with Crippen molar-refractivity contribution in [3.63, 3.8) is 0 Å². The monoisotopic (exact) mass is 945 g/mol. The lowest BCUT2D eigenvalue weighted by atomic mass is 9.89. The Morgan fingerprint density at radius 3 is 1.46 bits per heavy atom. The SMILES string of the molecule is C.C=C(C)c1ccccc1.C=C/C=C(\C=C/C)c1cccc(-c2ccccc2)c1.CCC/C(=C\C(CCC)c1ccccc1)c1ccc(-c2ccc(C)cc2)cc1.CCCc1ccc(-c2ccccc2)cc1. The highest BCUT2D eigenvalue weighted by atomic mass is 14.2. The first-order valence-electron chi connectivity index (χ1n) is 25.7. The minimum absolute atomic E-state index is 0. The summed E-state index contributed by atoms with van der Waals surface area (Å²) in [5.74, 6) is 0.490. The summed E-state index contributed by atoms with van der Waals surface area (Å²) < 4.78 is 0. The van der Waals surface area contributed by atoms with Gasteiger partial charge < -0.3 is 0 Å². The second-order valence-corrected chi connectivity index (χ2v) is 18.0. The Balaban J connectivity index is 0.000000222. The van der Waals surface area contributed by atoms with Crippen LogP contribution in [0, 0.1) is 6.92 Å². The molecule has 0 aliphatic rings. The molecule has 0 heterocycles. The summed E-state index contributed by atoms with van der Waals surface area (Å²) in [4.78, 5) is 0. The summed E-state index contributed by atoms with van der Waals surface area (Å²) >= 11 is 0. The predicted octanol–water partition coefficient (Wildman–Crippen LogP) is 21.6. The number of hydrogen-bond acceptors (Lipinski definition) is 0. The van der Waals surface area contributed by atoms with Gasteiger partial charge in [-0.3, -0.25) is 0 Å². The van der Waals surface area contributed by atoms with Crippen molar-refractivity contribution in [2.75, 3.05) is 0 Å². The van der Waals surface area contributed by atoms with E-state index < -0.39 is 0 Å². The Morgan fingerprint density at radius 2 is 0.972 bits per heavy atom. The summed E-state index contributed by atoms with van der Waals surface area (Å²) in [5.41, 5.74) is 19.3. The topological polar surface area (TPSA) is 0 Å². The van der Waals surface area contributed by atoms with E-state index in [9.17, 15) is 0 Å². The summed E-state index contributed by atoms with van der Waals surface area (Å²) in [6, 6.07) is 77.4. The summed E-state index contributed by atoms with van der Waals surface area (Å²) in [7, 11) is 0. The Kier molecular flexibility index (Phi) is 25.6. The zero-order valence-electron chi connectivity index (χ0n) is 43.4. The van der Waals surface area contributed by atoms with E-state index in [1.54, 1.807) is 0 Å². The largest absolute Gasteiger partial charge is 0.0990 e. The van der Waals surface area contributed by atoms with E-state index >= 15 is 0 Å². The van der Waals surface area contributed by atoms with Crippen molar-refractivity contribution in [3.8, 4) is 33.4 Å². The van der Waals surface area contributed by atoms with Crippen LogP contribution in [0.25, 0.3) is 50.1 Å². The van der Waals surface area contributed by atoms with Gasteiger partial charge in [0, 0.05) is 5.92 Å². The minimum Gasteiger partial charge on any atom is -0.0990 e. The minimum atomic E-state index is 0. The first-order chi connectivity index (χ1) is 34.8. The van der Waals surface area contributed by atoms with E-state index in [-0.39, 0.29) is 7.43 Å². The van der Waals surface area contributed by atoms with Crippen LogP contribution >= 0.6 is 0 Å². The van der Waals surface area contributed by atoms with Crippen molar-refractivity contribution < 1.29 is 0 Å². The third-order valence-electron chi connectivity index (χ3n) is 12.2. The molecule has 0 saturated carbocycles. The van der Waals surface area contributed by atoms with Crippen LogP contribution in [-0.4, -0.2) is 0 Å². The van der Waals surface area contributed by atoms with Gasteiger partial charge in [-0.15, -0.1) is 0 Å². The number of allylic oxidation sites excluding steroid dienone is 8. The van der Waals surface area contributed by atoms with Crippen molar-refractivity contribution in [2.45, 2.75) is 93.4 Å². The smallest absolute Gasteiger partial charge is 0.00239 e. The standard InChI is InChI=1S/C28H32.C19H18.C15H16.C9H10.CH4/c1-4-9-27(23-11-7-6-8-12-23)21-28(10-5-2)26-19-17-25(18-20-26)24-15-13-22(3)14-16-24;1-3-9-16(10-4-2)18-13-8-14-19(15-18)17-11-6-5-7-12-17;1-2-6-13-9-11-15(12-10-13)14-7-4-3-5-8-14;1-8(2)9-6-4-3-5-7-9;/h6-8,11-21,27H,4-5,9-10H2,1-3H3;3-15H,1H2,2H3;3-5,7-12H,2,6H2,1H3;3-7H,1H2,2H3;1H4/b28-21+;10-4-,16-9+;;;. The number of rotatable bonds is 16. The molecule has 0 fully saturated rings. The Morgan fingerprint density at radius 1 is 0.500 bits per heavy atom. The quantitative estimate of drug-likeness (QED) is 0.0847. The molecule has 0 aliphatic carbocycles. The summed E-state index contributed by atoms with van der Waals surface area (Å²) in [5, 5.41) is 0. The molecule has 0 radical (unpaired) electrons. The first kappa shape index (κ1) is 57.0. The van der Waals surface area contributed by atoms with Crippen molar-refractivity contribution >= 4 is 16.7 Å². The van der Waals surface area contributed by atoms with Crippen LogP contribution in [-0.2, 0) is 6.42 Å². The van der Waals surface area contributed by atoms with Gasteiger partial charge in [0.2, 0.25) is 0 Å². The molecule has 0 nitrogen and oxygen atoms in total. The third kappa shape index (κ3) is 19.0. The van der Waals surface area contributed by atoms with E-state index in [2.05, 4.69) is 247 Å². The Bertz CT molecular complexity index is 2820. The molecule has 0 heteroatoms. The van der Waals surface area contributed by atoms with Crippen molar-refractivity contribution in [1.82, 2.24) is 0 Å². The van der Waals surface area contributed by atoms with Crippen LogP contribution in [0.4, 0.5) is 0 Å². The van der Waals surface area contributed by atoms with Gasteiger partial charge in [-0.1, -0.05) is 314 Å². The van der Waals surface area contributed by atoms with E-state index in [0.717, 1.165) is 12.0 Å².